The quantitative estimate of drug-likeness (QED) is 0.252. The van der Waals surface area contributed by atoms with Gasteiger partial charge in [0.15, 0.2) is 0 Å². The first kappa shape index (κ1) is 28.1. The number of hydrogen-bond donors (Lipinski definition) is 1. The topological polar surface area (TPSA) is 49.4 Å². The molecule has 0 heterocycles. The molecule has 0 aliphatic rings. The maximum Gasteiger partial charge on any atom is 0.243 e. The van der Waals surface area contributed by atoms with Crippen molar-refractivity contribution in [2.45, 2.75) is 50.6 Å². The van der Waals surface area contributed by atoms with E-state index in [1.54, 1.807) is 28.8 Å². The molecule has 4 nitrogen and oxygen atoms in total. The van der Waals surface area contributed by atoms with E-state index >= 15 is 0 Å². The van der Waals surface area contributed by atoms with Crippen LogP contribution in [0.2, 0.25) is 10.0 Å². The van der Waals surface area contributed by atoms with Crippen molar-refractivity contribution in [2.75, 3.05) is 12.3 Å². The Labute approximate surface area is 228 Å². The Morgan fingerprint density at radius 2 is 1.67 bits per heavy atom. The minimum Gasteiger partial charge on any atom is -0.354 e. The summed E-state index contributed by atoms with van der Waals surface area (Å²) in [5.41, 5.74) is 3.02. The van der Waals surface area contributed by atoms with Gasteiger partial charge in [-0.05, 0) is 48.7 Å². The van der Waals surface area contributed by atoms with Crippen molar-refractivity contribution >= 4 is 46.8 Å². The van der Waals surface area contributed by atoms with Crippen molar-refractivity contribution in [3.05, 3.63) is 99.5 Å². The number of carbonyl (C=O) groups excluding carboxylic acids is 2. The van der Waals surface area contributed by atoms with Crippen LogP contribution < -0.4 is 5.32 Å². The highest BCUT2D eigenvalue weighted by Crippen LogP contribution is 2.25. The lowest BCUT2D eigenvalue weighted by atomic mass is 10.0. The van der Waals surface area contributed by atoms with Crippen LogP contribution in [0.5, 0.6) is 0 Å². The summed E-state index contributed by atoms with van der Waals surface area (Å²) in [5, 5.41) is 3.87. The van der Waals surface area contributed by atoms with E-state index in [-0.39, 0.29) is 18.4 Å². The number of thioether (sulfide) groups is 1. The van der Waals surface area contributed by atoms with E-state index in [0.29, 0.717) is 35.2 Å². The lowest BCUT2D eigenvalue weighted by Gasteiger charge is -2.31. The number of benzene rings is 3. The number of amides is 2. The summed E-state index contributed by atoms with van der Waals surface area (Å²) in [7, 11) is 0. The molecule has 0 aliphatic heterocycles. The van der Waals surface area contributed by atoms with Crippen molar-refractivity contribution in [3.8, 4) is 0 Å². The predicted molar refractivity (Wildman–Crippen MR) is 151 cm³/mol. The average Bonchev–Trinajstić information content (AvgIpc) is 2.88. The molecule has 3 aromatic carbocycles. The van der Waals surface area contributed by atoms with Gasteiger partial charge in [0.25, 0.3) is 0 Å². The van der Waals surface area contributed by atoms with E-state index in [0.717, 1.165) is 22.4 Å². The van der Waals surface area contributed by atoms with Crippen LogP contribution in [0.1, 0.15) is 36.5 Å². The largest absolute Gasteiger partial charge is 0.354 e. The molecule has 0 bridgehead atoms. The summed E-state index contributed by atoms with van der Waals surface area (Å²) in [4.78, 5) is 29.8. The summed E-state index contributed by atoms with van der Waals surface area (Å²) in [6, 6.07) is 22.7. The zero-order valence-corrected chi connectivity index (χ0v) is 23.0. The Bertz CT molecular complexity index is 1140. The van der Waals surface area contributed by atoms with Crippen LogP contribution in [-0.4, -0.2) is 35.1 Å². The van der Waals surface area contributed by atoms with Gasteiger partial charge in [-0.2, -0.15) is 0 Å². The molecular weight excluding hydrogens is 511 g/mol. The number of nitrogens with zero attached hydrogens (tertiary/aromatic N) is 1. The van der Waals surface area contributed by atoms with E-state index in [4.69, 9.17) is 23.2 Å². The Morgan fingerprint density at radius 1 is 0.944 bits per heavy atom. The van der Waals surface area contributed by atoms with Crippen molar-refractivity contribution in [3.63, 3.8) is 0 Å². The zero-order valence-electron chi connectivity index (χ0n) is 20.7. The minimum atomic E-state index is -0.648. The molecule has 0 fully saturated rings. The second-order valence-electron chi connectivity index (χ2n) is 8.68. The number of hydrogen-bond acceptors (Lipinski definition) is 3. The van der Waals surface area contributed by atoms with Gasteiger partial charge in [-0.1, -0.05) is 84.2 Å². The highest BCUT2D eigenvalue weighted by molar-refractivity contribution is 7.99. The van der Waals surface area contributed by atoms with Crippen LogP contribution in [0.15, 0.2) is 77.7 Å². The molecule has 3 aromatic rings. The lowest BCUT2D eigenvalue weighted by molar-refractivity contribution is -0.141. The molecule has 190 valence electrons. The summed E-state index contributed by atoms with van der Waals surface area (Å²) >= 11 is 14.0. The fourth-order valence-electron chi connectivity index (χ4n) is 3.79. The maximum absolute atomic E-state index is 13.6. The van der Waals surface area contributed by atoms with Crippen LogP contribution in [0.3, 0.4) is 0 Å². The molecule has 0 saturated carbocycles. The number of aryl methyl sites for hydroxylation is 1. The first-order valence-electron chi connectivity index (χ1n) is 12.1. The van der Waals surface area contributed by atoms with Crippen molar-refractivity contribution in [1.82, 2.24) is 10.2 Å². The molecular formula is C29H32Cl2N2O2S. The van der Waals surface area contributed by atoms with Crippen LogP contribution in [0, 0.1) is 6.92 Å². The molecule has 2 amide bonds. The molecule has 0 radical (unpaired) electrons. The number of rotatable bonds is 12. The fourth-order valence-corrected chi connectivity index (χ4v) is 4.95. The first-order valence-corrected chi connectivity index (χ1v) is 13.9. The summed E-state index contributed by atoms with van der Waals surface area (Å²) < 4.78 is 0. The molecule has 1 atom stereocenters. The van der Waals surface area contributed by atoms with E-state index in [2.05, 4.69) is 36.5 Å². The van der Waals surface area contributed by atoms with Gasteiger partial charge in [-0.25, -0.2) is 0 Å². The van der Waals surface area contributed by atoms with Crippen molar-refractivity contribution in [2.24, 2.45) is 0 Å². The van der Waals surface area contributed by atoms with Gasteiger partial charge in [-0.15, -0.1) is 11.8 Å². The molecule has 3 rings (SSSR count). The number of halogens is 2. The Kier molecular flexibility index (Phi) is 11.2. The molecule has 0 saturated heterocycles. The van der Waals surface area contributed by atoms with Crippen LogP contribution in [0.4, 0.5) is 0 Å². The molecule has 0 spiro atoms. The fraction of sp³-hybridized carbons (Fsp3) is 0.310. The molecule has 0 aliphatic carbocycles. The van der Waals surface area contributed by atoms with Crippen LogP contribution in [-0.2, 0) is 22.6 Å². The van der Waals surface area contributed by atoms with E-state index in [1.807, 2.05) is 43.3 Å². The highest BCUT2D eigenvalue weighted by atomic mass is 35.5. The zero-order chi connectivity index (χ0) is 25.9. The third-order valence-corrected chi connectivity index (χ3v) is 7.52. The van der Waals surface area contributed by atoms with Gasteiger partial charge in [0.05, 0.1) is 10.0 Å². The van der Waals surface area contributed by atoms with Gasteiger partial charge in [0, 0.05) is 36.6 Å². The predicted octanol–water partition coefficient (Wildman–Crippen LogP) is 6.95. The van der Waals surface area contributed by atoms with Crippen LogP contribution >= 0.6 is 35.0 Å². The Hall–Kier alpha value is -2.47. The third kappa shape index (κ3) is 8.58. The molecule has 0 aromatic heterocycles. The summed E-state index contributed by atoms with van der Waals surface area (Å²) in [6.07, 6.45) is 1.55. The second kappa shape index (κ2) is 14.3. The number of carbonyl (C=O) groups is 2. The molecule has 1 N–H and O–H groups in total. The molecule has 1 unspecified atom stereocenters. The van der Waals surface area contributed by atoms with Gasteiger partial charge in [0.1, 0.15) is 6.04 Å². The Morgan fingerprint density at radius 3 is 2.33 bits per heavy atom. The second-order valence-corrected chi connectivity index (χ2v) is 10.7. The highest BCUT2D eigenvalue weighted by Gasteiger charge is 2.30. The van der Waals surface area contributed by atoms with Crippen molar-refractivity contribution < 1.29 is 9.59 Å². The molecule has 36 heavy (non-hydrogen) atoms. The van der Waals surface area contributed by atoms with Crippen molar-refractivity contribution in [1.29, 1.82) is 0 Å². The smallest absolute Gasteiger partial charge is 0.243 e. The lowest BCUT2D eigenvalue weighted by Crippen LogP contribution is -2.50. The van der Waals surface area contributed by atoms with Gasteiger partial charge in [-0.3, -0.25) is 9.59 Å². The van der Waals surface area contributed by atoms with E-state index in [9.17, 15) is 9.59 Å². The Balaban J connectivity index is 1.84. The minimum absolute atomic E-state index is 0.0757. The number of nitrogens with one attached hydrogen (secondary N) is 1. The normalized spacial score (nSPS) is 11.7. The average molecular weight is 544 g/mol. The standard InChI is InChI=1S/C29H32Cl2N2O2S/c1-3-16-32-29(35)27(19-22-7-5-4-6-8-22)33(20-23-11-14-25(30)26(31)18-23)28(34)15-17-36-24-12-9-21(2)10-13-24/h4-14,18,27H,3,15-17,19-20H2,1-2H3,(H,32,35). The summed E-state index contributed by atoms with van der Waals surface area (Å²) in [5.74, 6) is 0.391. The first-order chi connectivity index (χ1) is 17.4. The monoisotopic (exact) mass is 542 g/mol. The summed E-state index contributed by atoms with van der Waals surface area (Å²) in [6.45, 7) is 4.88. The van der Waals surface area contributed by atoms with Gasteiger partial charge in [0.2, 0.25) is 11.8 Å². The molecule has 7 heteroatoms. The van der Waals surface area contributed by atoms with Gasteiger partial charge >= 0.3 is 0 Å². The SMILES string of the molecule is CCCNC(=O)C(Cc1ccccc1)N(Cc1ccc(Cl)c(Cl)c1)C(=O)CCSc1ccc(C)cc1. The van der Waals surface area contributed by atoms with E-state index in [1.165, 1.54) is 5.56 Å². The third-order valence-electron chi connectivity index (χ3n) is 5.76. The van der Waals surface area contributed by atoms with Crippen LogP contribution in [0.25, 0.3) is 0 Å². The maximum atomic E-state index is 13.6. The van der Waals surface area contributed by atoms with Gasteiger partial charge < -0.3 is 10.2 Å². The van der Waals surface area contributed by atoms with E-state index < -0.39 is 6.04 Å².